The van der Waals surface area contributed by atoms with Crippen molar-refractivity contribution in [1.29, 1.82) is 0 Å². The molecule has 9 heteroatoms. The Kier molecular flexibility index (Phi) is 4.56. The minimum absolute atomic E-state index is 0.138. The zero-order chi connectivity index (χ0) is 19.7. The van der Waals surface area contributed by atoms with E-state index in [2.05, 4.69) is 20.7 Å². The zero-order valence-corrected chi connectivity index (χ0v) is 15.0. The molecule has 0 unspecified atom stereocenters. The van der Waals surface area contributed by atoms with Crippen LogP contribution in [0.2, 0.25) is 0 Å². The van der Waals surface area contributed by atoms with E-state index in [4.69, 9.17) is 0 Å². The fourth-order valence-electron chi connectivity index (χ4n) is 3.19. The van der Waals surface area contributed by atoms with Crippen molar-refractivity contribution in [2.24, 2.45) is 0 Å². The second-order valence-electron chi connectivity index (χ2n) is 6.53. The molecule has 28 heavy (non-hydrogen) atoms. The van der Waals surface area contributed by atoms with Gasteiger partial charge in [0.2, 0.25) is 11.7 Å². The Balaban J connectivity index is 1.58. The summed E-state index contributed by atoms with van der Waals surface area (Å²) in [5.41, 5.74) is 1.82. The van der Waals surface area contributed by atoms with Gasteiger partial charge >= 0.3 is 0 Å². The number of nitrogens with one attached hydrogen (secondary N) is 1. The Bertz CT molecular complexity index is 1030. The van der Waals surface area contributed by atoms with Crippen LogP contribution in [-0.4, -0.2) is 38.1 Å². The number of nitrogens with zero attached hydrogens (tertiary/aromatic N) is 5. The molecule has 3 aromatic rings. The Hall–Kier alpha value is -3.62. The van der Waals surface area contributed by atoms with E-state index in [0.29, 0.717) is 22.8 Å². The molecule has 2 amide bonds. The van der Waals surface area contributed by atoms with Crippen LogP contribution in [-0.2, 0) is 16.1 Å². The Labute approximate surface area is 160 Å². The third kappa shape index (κ3) is 3.46. The van der Waals surface area contributed by atoms with Gasteiger partial charge in [0.05, 0.1) is 11.4 Å². The average Bonchev–Trinajstić information content (AvgIpc) is 3.07. The van der Waals surface area contributed by atoms with Crippen LogP contribution in [0, 0.1) is 5.82 Å². The molecule has 2 aromatic carbocycles. The molecule has 0 fully saturated rings. The second-order valence-corrected chi connectivity index (χ2v) is 6.53. The highest BCUT2D eigenvalue weighted by Gasteiger charge is 2.30. The number of carbonyl (C=O) groups is 2. The molecule has 0 saturated heterocycles. The summed E-state index contributed by atoms with van der Waals surface area (Å²) in [6.45, 7) is 1.68. The quantitative estimate of drug-likeness (QED) is 0.752. The molecule has 0 saturated carbocycles. The Morgan fingerprint density at radius 2 is 1.96 bits per heavy atom. The summed E-state index contributed by atoms with van der Waals surface area (Å²) in [7, 11) is 0. The SMILES string of the molecule is C[C@H]1CC(=O)Nc2ccccc2N1C(=O)Cn1nnc(-c2ccc(F)cc2)n1. The van der Waals surface area contributed by atoms with Crippen LogP contribution in [0.25, 0.3) is 11.4 Å². The van der Waals surface area contributed by atoms with Crippen LogP contribution in [0.3, 0.4) is 0 Å². The minimum Gasteiger partial charge on any atom is -0.324 e. The number of rotatable bonds is 3. The van der Waals surface area contributed by atoms with Gasteiger partial charge in [-0.2, -0.15) is 4.80 Å². The van der Waals surface area contributed by atoms with Crippen LogP contribution in [0.15, 0.2) is 48.5 Å². The summed E-state index contributed by atoms with van der Waals surface area (Å²) in [4.78, 5) is 27.8. The van der Waals surface area contributed by atoms with Crippen molar-refractivity contribution in [2.75, 3.05) is 10.2 Å². The number of amides is 2. The number of tetrazole rings is 1. The molecular weight excluding hydrogens is 363 g/mol. The zero-order valence-electron chi connectivity index (χ0n) is 15.0. The first-order valence-corrected chi connectivity index (χ1v) is 8.76. The van der Waals surface area contributed by atoms with Gasteiger partial charge in [-0.05, 0) is 48.5 Å². The number of hydrogen-bond donors (Lipinski definition) is 1. The summed E-state index contributed by atoms with van der Waals surface area (Å²) in [5, 5.41) is 14.9. The van der Waals surface area contributed by atoms with Gasteiger partial charge in [-0.15, -0.1) is 10.2 Å². The summed E-state index contributed by atoms with van der Waals surface area (Å²) in [5.74, 6) is -0.468. The second kappa shape index (κ2) is 7.18. The maximum Gasteiger partial charge on any atom is 0.250 e. The van der Waals surface area contributed by atoms with Gasteiger partial charge in [-0.25, -0.2) is 4.39 Å². The minimum atomic E-state index is -0.358. The third-order valence-corrected chi connectivity index (χ3v) is 4.46. The maximum atomic E-state index is 13.1. The van der Waals surface area contributed by atoms with E-state index in [-0.39, 0.29) is 36.6 Å². The number of fused-ring (bicyclic) bond motifs is 1. The largest absolute Gasteiger partial charge is 0.324 e. The predicted molar refractivity (Wildman–Crippen MR) is 99.8 cm³/mol. The van der Waals surface area contributed by atoms with Gasteiger partial charge in [0.25, 0.3) is 5.91 Å². The number of hydrogen-bond acceptors (Lipinski definition) is 5. The highest BCUT2D eigenvalue weighted by Crippen LogP contribution is 2.31. The lowest BCUT2D eigenvalue weighted by Gasteiger charge is -2.27. The van der Waals surface area contributed by atoms with Crippen molar-refractivity contribution in [1.82, 2.24) is 20.2 Å². The van der Waals surface area contributed by atoms with Crippen molar-refractivity contribution >= 4 is 23.2 Å². The third-order valence-electron chi connectivity index (χ3n) is 4.46. The van der Waals surface area contributed by atoms with Crippen LogP contribution >= 0.6 is 0 Å². The number of aromatic nitrogens is 4. The first kappa shape index (κ1) is 17.8. The molecule has 1 aliphatic rings. The molecule has 4 rings (SSSR count). The molecule has 8 nitrogen and oxygen atoms in total. The molecule has 1 aliphatic heterocycles. The normalized spacial score (nSPS) is 16.3. The maximum absolute atomic E-state index is 13.1. The molecule has 0 aliphatic carbocycles. The fourth-order valence-corrected chi connectivity index (χ4v) is 3.19. The summed E-state index contributed by atoms with van der Waals surface area (Å²) < 4.78 is 13.1. The number of halogens is 1. The van der Waals surface area contributed by atoms with Crippen LogP contribution in [0.4, 0.5) is 15.8 Å². The smallest absolute Gasteiger partial charge is 0.250 e. The number of para-hydroxylation sites is 2. The van der Waals surface area contributed by atoms with Crippen LogP contribution in [0.1, 0.15) is 13.3 Å². The van der Waals surface area contributed by atoms with E-state index in [1.165, 1.54) is 16.9 Å². The van der Waals surface area contributed by atoms with Gasteiger partial charge in [0.15, 0.2) is 0 Å². The molecule has 0 spiro atoms. The van der Waals surface area contributed by atoms with Crippen LogP contribution < -0.4 is 10.2 Å². The first-order chi connectivity index (χ1) is 13.5. The Morgan fingerprint density at radius 3 is 2.75 bits per heavy atom. The lowest BCUT2D eigenvalue weighted by Crippen LogP contribution is -2.41. The van der Waals surface area contributed by atoms with Gasteiger partial charge in [-0.3, -0.25) is 9.59 Å². The highest BCUT2D eigenvalue weighted by molar-refractivity contribution is 6.04. The molecule has 1 atom stereocenters. The molecule has 0 radical (unpaired) electrons. The molecule has 1 N–H and O–H groups in total. The van der Waals surface area contributed by atoms with E-state index in [1.54, 1.807) is 35.2 Å². The molecule has 2 heterocycles. The van der Waals surface area contributed by atoms with Gasteiger partial charge in [0.1, 0.15) is 12.4 Å². The number of carbonyl (C=O) groups excluding carboxylic acids is 2. The summed E-state index contributed by atoms with van der Waals surface area (Å²) in [6, 6.07) is 12.5. The van der Waals surface area contributed by atoms with E-state index in [1.807, 2.05) is 13.0 Å². The van der Waals surface area contributed by atoms with Crippen molar-refractivity contribution in [3.63, 3.8) is 0 Å². The monoisotopic (exact) mass is 380 g/mol. The highest BCUT2D eigenvalue weighted by atomic mass is 19.1. The summed E-state index contributed by atoms with van der Waals surface area (Å²) >= 11 is 0. The molecule has 142 valence electrons. The van der Waals surface area contributed by atoms with Gasteiger partial charge < -0.3 is 10.2 Å². The number of anilines is 2. The van der Waals surface area contributed by atoms with Gasteiger partial charge in [0, 0.05) is 18.0 Å². The standard InChI is InChI=1S/C19H17FN6O2/c1-12-10-17(27)21-15-4-2-3-5-16(15)26(12)18(28)11-25-23-19(22-24-25)13-6-8-14(20)9-7-13/h2-9,12H,10-11H2,1H3,(H,21,27)/t12-/m0/s1. The van der Waals surface area contributed by atoms with Crippen molar-refractivity contribution in [3.05, 3.63) is 54.3 Å². The lowest BCUT2D eigenvalue weighted by molar-refractivity contribution is -0.120. The van der Waals surface area contributed by atoms with E-state index in [9.17, 15) is 14.0 Å². The van der Waals surface area contributed by atoms with Crippen molar-refractivity contribution in [3.8, 4) is 11.4 Å². The van der Waals surface area contributed by atoms with Gasteiger partial charge in [-0.1, -0.05) is 12.1 Å². The molecular formula is C19H17FN6O2. The van der Waals surface area contributed by atoms with Crippen LogP contribution in [0.5, 0.6) is 0 Å². The first-order valence-electron chi connectivity index (χ1n) is 8.76. The number of benzene rings is 2. The summed E-state index contributed by atoms with van der Waals surface area (Å²) in [6.07, 6.45) is 0.187. The molecule has 0 bridgehead atoms. The van der Waals surface area contributed by atoms with E-state index >= 15 is 0 Å². The van der Waals surface area contributed by atoms with Crippen molar-refractivity contribution < 1.29 is 14.0 Å². The predicted octanol–water partition coefficient (Wildman–Crippen LogP) is 2.24. The van der Waals surface area contributed by atoms with E-state index < -0.39 is 0 Å². The topological polar surface area (TPSA) is 93.0 Å². The van der Waals surface area contributed by atoms with E-state index in [0.717, 1.165) is 0 Å². The average molecular weight is 380 g/mol. The molecule has 1 aromatic heterocycles. The van der Waals surface area contributed by atoms with Crippen molar-refractivity contribution in [2.45, 2.75) is 25.9 Å². The lowest BCUT2D eigenvalue weighted by atomic mass is 10.1. The fraction of sp³-hybridized carbons (Fsp3) is 0.211. The Morgan fingerprint density at radius 1 is 1.21 bits per heavy atom.